The van der Waals surface area contributed by atoms with Gasteiger partial charge < -0.3 is 9.84 Å². The van der Waals surface area contributed by atoms with Crippen LogP contribution in [0.15, 0.2) is 10.6 Å². The zero-order valence-corrected chi connectivity index (χ0v) is 13.4. The molecule has 1 aromatic heterocycles. The normalized spacial score (nSPS) is 29.2. The third-order valence-electron chi connectivity index (χ3n) is 5.41. The van der Waals surface area contributed by atoms with Gasteiger partial charge in [-0.15, -0.1) is 0 Å². The molecule has 0 bridgehead atoms. The topological polar surface area (TPSA) is 58.4 Å². The van der Waals surface area contributed by atoms with Crippen molar-refractivity contribution in [2.24, 2.45) is 11.8 Å². The van der Waals surface area contributed by atoms with Crippen LogP contribution >= 0.6 is 0 Å². The molecule has 22 heavy (non-hydrogen) atoms. The van der Waals surface area contributed by atoms with E-state index in [0.29, 0.717) is 23.6 Å². The lowest BCUT2D eigenvalue weighted by atomic mass is 9.98. The van der Waals surface area contributed by atoms with Crippen LogP contribution in [0, 0.1) is 11.8 Å². The standard InChI is InChI=1S/C17H25N3O2/c1-10(2)20-8-13(11-3-4-11)15(9-20)18-17(21)14-7-16(22-19-14)12-5-6-12/h7,10-13,15H,3-6,8-9H2,1-2H3,(H,18,21). The summed E-state index contributed by atoms with van der Waals surface area (Å²) in [5.41, 5.74) is 0.444. The fraction of sp³-hybridized carbons (Fsp3) is 0.765. The molecule has 120 valence electrons. The van der Waals surface area contributed by atoms with Gasteiger partial charge in [0.1, 0.15) is 5.76 Å². The van der Waals surface area contributed by atoms with E-state index < -0.39 is 0 Å². The van der Waals surface area contributed by atoms with Crippen molar-refractivity contribution in [3.8, 4) is 0 Å². The van der Waals surface area contributed by atoms with Crippen LogP contribution < -0.4 is 5.32 Å². The maximum atomic E-state index is 12.5. The lowest BCUT2D eigenvalue weighted by Gasteiger charge is -2.20. The molecule has 1 N–H and O–H groups in total. The van der Waals surface area contributed by atoms with Crippen molar-refractivity contribution in [2.75, 3.05) is 13.1 Å². The molecule has 1 saturated heterocycles. The Bertz CT molecular complexity index is 560. The number of hydrogen-bond acceptors (Lipinski definition) is 4. The summed E-state index contributed by atoms with van der Waals surface area (Å²) in [5, 5.41) is 7.18. The van der Waals surface area contributed by atoms with E-state index in [1.165, 1.54) is 12.8 Å². The van der Waals surface area contributed by atoms with Crippen LogP contribution in [0.25, 0.3) is 0 Å². The Kier molecular flexibility index (Phi) is 3.48. The average Bonchev–Trinajstić information content (AvgIpc) is 3.42. The van der Waals surface area contributed by atoms with E-state index in [9.17, 15) is 4.79 Å². The molecule has 1 aliphatic heterocycles. The average molecular weight is 303 g/mol. The Morgan fingerprint density at radius 2 is 2.09 bits per heavy atom. The minimum Gasteiger partial charge on any atom is -0.360 e. The van der Waals surface area contributed by atoms with Crippen LogP contribution in [-0.2, 0) is 0 Å². The first-order valence-electron chi connectivity index (χ1n) is 8.63. The third-order valence-corrected chi connectivity index (χ3v) is 5.41. The minimum absolute atomic E-state index is 0.0723. The summed E-state index contributed by atoms with van der Waals surface area (Å²) in [6.07, 6.45) is 4.95. The smallest absolute Gasteiger partial charge is 0.273 e. The van der Waals surface area contributed by atoms with Crippen molar-refractivity contribution >= 4 is 5.91 Å². The molecule has 0 radical (unpaired) electrons. The Hall–Kier alpha value is -1.36. The van der Waals surface area contributed by atoms with Crippen LogP contribution in [0.5, 0.6) is 0 Å². The molecule has 0 spiro atoms. The van der Waals surface area contributed by atoms with Crippen molar-refractivity contribution in [1.82, 2.24) is 15.4 Å². The minimum atomic E-state index is -0.0723. The predicted molar refractivity (Wildman–Crippen MR) is 82.7 cm³/mol. The summed E-state index contributed by atoms with van der Waals surface area (Å²) in [7, 11) is 0. The molecule has 2 atom stereocenters. The van der Waals surface area contributed by atoms with Crippen LogP contribution in [0.2, 0.25) is 0 Å². The highest BCUT2D eigenvalue weighted by Gasteiger charge is 2.43. The number of carbonyl (C=O) groups excluding carboxylic acids is 1. The predicted octanol–water partition coefficient (Wildman–Crippen LogP) is 2.40. The number of likely N-dealkylation sites (tertiary alicyclic amines) is 1. The third kappa shape index (κ3) is 2.78. The molecule has 2 unspecified atom stereocenters. The number of carbonyl (C=O) groups is 1. The van der Waals surface area contributed by atoms with Gasteiger partial charge in [-0.05, 0) is 51.4 Å². The molecular formula is C17H25N3O2. The van der Waals surface area contributed by atoms with Gasteiger partial charge in [-0.1, -0.05) is 5.16 Å². The van der Waals surface area contributed by atoms with Gasteiger partial charge in [-0.2, -0.15) is 0 Å². The van der Waals surface area contributed by atoms with E-state index in [-0.39, 0.29) is 11.9 Å². The second-order valence-electron chi connectivity index (χ2n) is 7.52. The monoisotopic (exact) mass is 303 g/mol. The molecule has 1 amide bonds. The van der Waals surface area contributed by atoms with E-state index in [1.807, 2.05) is 6.07 Å². The molecule has 3 aliphatic rings. The summed E-state index contributed by atoms with van der Waals surface area (Å²) >= 11 is 0. The Morgan fingerprint density at radius 1 is 1.32 bits per heavy atom. The summed E-state index contributed by atoms with van der Waals surface area (Å²) in [4.78, 5) is 14.9. The fourth-order valence-electron chi connectivity index (χ4n) is 3.64. The number of rotatable bonds is 5. The quantitative estimate of drug-likeness (QED) is 0.907. The van der Waals surface area contributed by atoms with Crippen LogP contribution in [-0.4, -0.2) is 41.1 Å². The number of aromatic nitrogens is 1. The van der Waals surface area contributed by atoms with Crippen molar-refractivity contribution in [3.05, 3.63) is 17.5 Å². The summed E-state index contributed by atoms with van der Waals surface area (Å²) < 4.78 is 5.30. The molecule has 2 aliphatic carbocycles. The molecule has 2 saturated carbocycles. The van der Waals surface area contributed by atoms with Crippen molar-refractivity contribution in [3.63, 3.8) is 0 Å². The zero-order valence-electron chi connectivity index (χ0n) is 13.4. The van der Waals surface area contributed by atoms with Gasteiger partial charge in [0.25, 0.3) is 5.91 Å². The van der Waals surface area contributed by atoms with Gasteiger partial charge in [-0.25, -0.2) is 0 Å². The Morgan fingerprint density at radius 3 is 2.73 bits per heavy atom. The van der Waals surface area contributed by atoms with Crippen molar-refractivity contribution in [2.45, 2.75) is 57.5 Å². The van der Waals surface area contributed by atoms with E-state index >= 15 is 0 Å². The molecule has 0 aromatic carbocycles. The number of hydrogen-bond donors (Lipinski definition) is 1. The van der Waals surface area contributed by atoms with Gasteiger partial charge in [-0.3, -0.25) is 9.69 Å². The fourth-order valence-corrected chi connectivity index (χ4v) is 3.64. The first kappa shape index (κ1) is 14.2. The van der Waals surface area contributed by atoms with Crippen LogP contribution in [0.4, 0.5) is 0 Å². The zero-order chi connectivity index (χ0) is 15.3. The number of nitrogens with one attached hydrogen (secondary N) is 1. The Balaban J connectivity index is 1.42. The van der Waals surface area contributed by atoms with Gasteiger partial charge in [0.2, 0.25) is 0 Å². The number of nitrogens with zero attached hydrogens (tertiary/aromatic N) is 2. The van der Waals surface area contributed by atoms with E-state index in [4.69, 9.17) is 4.52 Å². The molecular weight excluding hydrogens is 278 g/mol. The highest BCUT2D eigenvalue weighted by Crippen LogP contribution is 2.42. The highest BCUT2D eigenvalue weighted by atomic mass is 16.5. The second kappa shape index (κ2) is 5.37. The van der Waals surface area contributed by atoms with Gasteiger partial charge >= 0.3 is 0 Å². The second-order valence-corrected chi connectivity index (χ2v) is 7.52. The molecule has 5 nitrogen and oxygen atoms in total. The molecule has 3 fully saturated rings. The van der Waals surface area contributed by atoms with E-state index in [1.54, 1.807) is 0 Å². The SMILES string of the molecule is CC(C)N1CC(NC(=O)c2cc(C3CC3)on2)C(C2CC2)C1. The van der Waals surface area contributed by atoms with Crippen LogP contribution in [0.1, 0.15) is 61.7 Å². The van der Waals surface area contributed by atoms with Crippen molar-refractivity contribution in [1.29, 1.82) is 0 Å². The largest absolute Gasteiger partial charge is 0.360 e. The van der Waals surface area contributed by atoms with Gasteiger partial charge in [0.05, 0.1) is 0 Å². The highest BCUT2D eigenvalue weighted by molar-refractivity contribution is 5.92. The van der Waals surface area contributed by atoms with E-state index in [0.717, 1.165) is 37.6 Å². The first-order valence-corrected chi connectivity index (χ1v) is 8.63. The van der Waals surface area contributed by atoms with Crippen LogP contribution in [0.3, 0.4) is 0 Å². The molecule has 4 rings (SSSR count). The lowest BCUT2D eigenvalue weighted by Crippen LogP contribution is -2.41. The summed E-state index contributed by atoms with van der Waals surface area (Å²) in [6, 6.07) is 2.62. The Labute approximate surface area is 131 Å². The maximum absolute atomic E-state index is 12.5. The number of amides is 1. The van der Waals surface area contributed by atoms with Crippen molar-refractivity contribution < 1.29 is 9.32 Å². The summed E-state index contributed by atoms with van der Waals surface area (Å²) in [5.74, 6) is 2.70. The lowest BCUT2D eigenvalue weighted by molar-refractivity contribution is 0.0918. The molecule has 1 aromatic rings. The molecule has 2 heterocycles. The summed E-state index contributed by atoms with van der Waals surface area (Å²) in [6.45, 7) is 6.53. The molecule has 5 heteroatoms. The maximum Gasteiger partial charge on any atom is 0.273 e. The van der Waals surface area contributed by atoms with E-state index in [2.05, 4.69) is 29.2 Å². The van der Waals surface area contributed by atoms with Gasteiger partial charge in [0, 0.05) is 37.2 Å². The first-order chi connectivity index (χ1) is 10.6. The van der Waals surface area contributed by atoms with Gasteiger partial charge in [0.15, 0.2) is 5.69 Å².